The van der Waals surface area contributed by atoms with Gasteiger partial charge < -0.3 is 4.42 Å². The lowest BCUT2D eigenvalue weighted by Gasteiger charge is -2.00. The van der Waals surface area contributed by atoms with Crippen molar-refractivity contribution in [2.45, 2.75) is 13.3 Å². The molecule has 0 saturated heterocycles. The maximum Gasteiger partial charge on any atom is 0.134 e. The summed E-state index contributed by atoms with van der Waals surface area (Å²) in [4.78, 5) is 0. The van der Waals surface area contributed by atoms with Gasteiger partial charge in [-0.1, -0.05) is 55.5 Å². The smallest absolute Gasteiger partial charge is 0.134 e. The van der Waals surface area contributed by atoms with Gasteiger partial charge in [0.1, 0.15) is 11.3 Å². The molecular weight excluding hydrogens is 208 g/mol. The van der Waals surface area contributed by atoms with E-state index in [2.05, 4.69) is 43.3 Å². The van der Waals surface area contributed by atoms with Crippen LogP contribution in [0.3, 0.4) is 0 Å². The first-order valence-corrected chi connectivity index (χ1v) is 5.96. The minimum absolute atomic E-state index is 0.916. The number of hydrogen-bond acceptors (Lipinski definition) is 1. The van der Waals surface area contributed by atoms with Crippen LogP contribution >= 0.6 is 0 Å². The fraction of sp³-hybridized carbons (Fsp3) is 0.125. The van der Waals surface area contributed by atoms with Gasteiger partial charge in [-0.25, -0.2) is 0 Å². The van der Waals surface area contributed by atoms with Crippen LogP contribution in [-0.4, -0.2) is 0 Å². The Morgan fingerprint density at radius 2 is 1.59 bits per heavy atom. The first kappa shape index (κ1) is 10.2. The molecule has 84 valence electrons. The molecule has 0 aliphatic rings. The van der Waals surface area contributed by atoms with Crippen LogP contribution in [0.5, 0.6) is 0 Å². The molecule has 0 unspecified atom stereocenters. The van der Waals surface area contributed by atoms with Gasteiger partial charge in [0.15, 0.2) is 0 Å². The normalized spacial score (nSPS) is 10.9. The third-order valence-electron chi connectivity index (χ3n) is 3.05. The van der Waals surface area contributed by atoms with Crippen molar-refractivity contribution in [2.24, 2.45) is 0 Å². The molecule has 3 rings (SSSR count). The third-order valence-corrected chi connectivity index (χ3v) is 3.05. The molecule has 0 aliphatic carbocycles. The Bertz CT molecular complexity index is 635. The average molecular weight is 222 g/mol. The Hall–Kier alpha value is -2.02. The van der Waals surface area contributed by atoms with E-state index in [1.807, 2.05) is 18.2 Å². The van der Waals surface area contributed by atoms with Gasteiger partial charge in [-0.15, -0.1) is 0 Å². The summed E-state index contributed by atoms with van der Waals surface area (Å²) in [5.74, 6) is 1.07. The van der Waals surface area contributed by atoms with Crippen molar-refractivity contribution in [1.29, 1.82) is 0 Å². The van der Waals surface area contributed by atoms with Crippen molar-refractivity contribution in [3.8, 4) is 11.1 Å². The highest BCUT2D eigenvalue weighted by atomic mass is 16.3. The third kappa shape index (κ3) is 1.64. The van der Waals surface area contributed by atoms with Gasteiger partial charge in [0.2, 0.25) is 0 Å². The number of aryl methyl sites for hydroxylation is 1. The molecule has 0 aliphatic heterocycles. The van der Waals surface area contributed by atoms with Gasteiger partial charge in [0.25, 0.3) is 0 Å². The zero-order valence-electron chi connectivity index (χ0n) is 9.81. The van der Waals surface area contributed by atoms with Gasteiger partial charge in [-0.2, -0.15) is 0 Å². The van der Waals surface area contributed by atoms with E-state index in [4.69, 9.17) is 4.42 Å². The van der Waals surface area contributed by atoms with Gasteiger partial charge in [0.05, 0.1) is 0 Å². The molecule has 0 amide bonds. The summed E-state index contributed by atoms with van der Waals surface area (Å²) in [6, 6.07) is 18.7. The number of para-hydroxylation sites is 1. The van der Waals surface area contributed by atoms with Crippen LogP contribution in [0.15, 0.2) is 59.0 Å². The molecule has 0 radical (unpaired) electrons. The fourth-order valence-electron chi connectivity index (χ4n) is 2.27. The minimum Gasteiger partial charge on any atom is -0.460 e. The molecule has 1 nitrogen and oxygen atoms in total. The van der Waals surface area contributed by atoms with Gasteiger partial charge >= 0.3 is 0 Å². The van der Waals surface area contributed by atoms with Crippen molar-refractivity contribution in [3.05, 3.63) is 60.4 Å². The molecule has 3 aromatic rings. The monoisotopic (exact) mass is 222 g/mol. The predicted molar refractivity (Wildman–Crippen MR) is 71.0 cm³/mol. The molecule has 1 heteroatoms. The first-order valence-electron chi connectivity index (χ1n) is 5.96. The van der Waals surface area contributed by atoms with Gasteiger partial charge in [-0.05, 0) is 11.6 Å². The number of furan rings is 1. The summed E-state index contributed by atoms with van der Waals surface area (Å²) in [7, 11) is 0. The topological polar surface area (TPSA) is 13.1 Å². The highest BCUT2D eigenvalue weighted by Crippen LogP contribution is 2.34. The molecule has 17 heavy (non-hydrogen) atoms. The molecular formula is C16H14O. The Morgan fingerprint density at radius 3 is 2.35 bits per heavy atom. The highest BCUT2D eigenvalue weighted by Gasteiger charge is 2.13. The fourth-order valence-corrected chi connectivity index (χ4v) is 2.27. The quantitative estimate of drug-likeness (QED) is 0.614. The van der Waals surface area contributed by atoms with E-state index in [-0.39, 0.29) is 0 Å². The summed E-state index contributed by atoms with van der Waals surface area (Å²) in [5.41, 5.74) is 3.45. The summed E-state index contributed by atoms with van der Waals surface area (Å²) in [5, 5.41) is 1.20. The van der Waals surface area contributed by atoms with Crippen molar-refractivity contribution in [1.82, 2.24) is 0 Å². The Labute approximate surface area is 101 Å². The van der Waals surface area contributed by atoms with Crippen molar-refractivity contribution in [3.63, 3.8) is 0 Å². The molecule has 1 aromatic heterocycles. The number of benzene rings is 2. The average Bonchev–Trinajstić information content (AvgIpc) is 2.78. The SMILES string of the molecule is CCc1oc2ccccc2c1-c1ccccc1. The molecule has 0 N–H and O–H groups in total. The standard InChI is InChI=1S/C16H14O/c1-2-14-16(12-8-4-3-5-9-12)13-10-6-7-11-15(13)17-14/h3-11H,2H2,1H3. The van der Waals surface area contributed by atoms with E-state index in [0.717, 1.165) is 17.8 Å². The largest absolute Gasteiger partial charge is 0.460 e. The second-order valence-electron chi connectivity index (χ2n) is 4.12. The van der Waals surface area contributed by atoms with Crippen LogP contribution in [0.25, 0.3) is 22.1 Å². The maximum atomic E-state index is 5.90. The van der Waals surface area contributed by atoms with Crippen molar-refractivity contribution in [2.75, 3.05) is 0 Å². The summed E-state index contributed by atoms with van der Waals surface area (Å²) < 4.78 is 5.90. The Balaban J connectivity index is 2.34. The van der Waals surface area contributed by atoms with Crippen LogP contribution in [-0.2, 0) is 6.42 Å². The number of rotatable bonds is 2. The summed E-state index contributed by atoms with van der Waals surface area (Å²) >= 11 is 0. The molecule has 0 saturated carbocycles. The summed E-state index contributed by atoms with van der Waals surface area (Å²) in [6.07, 6.45) is 0.916. The molecule has 0 spiro atoms. The molecule has 0 atom stereocenters. The van der Waals surface area contributed by atoms with E-state index < -0.39 is 0 Å². The van der Waals surface area contributed by atoms with Crippen LogP contribution in [0.4, 0.5) is 0 Å². The van der Waals surface area contributed by atoms with Crippen molar-refractivity contribution >= 4 is 11.0 Å². The minimum atomic E-state index is 0.916. The number of fused-ring (bicyclic) bond motifs is 1. The lowest BCUT2D eigenvalue weighted by atomic mass is 10.0. The van der Waals surface area contributed by atoms with Crippen LogP contribution in [0.2, 0.25) is 0 Å². The Morgan fingerprint density at radius 1 is 0.882 bits per heavy atom. The second kappa shape index (κ2) is 4.10. The Kier molecular flexibility index (Phi) is 2.45. The van der Waals surface area contributed by atoms with E-state index in [1.165, 1.54) is 16.5 Å². The van der Waals surface area contributed by atoms with Gasteiger partial charge in [0, 0.05) is 17.4 Å². The van der Waals surface area contributed by atoms with Gasteiger partial charge in [-0.3, -0.25) is 0 Å². The lowest BCUT2D eigenvalue weighted by Crippen LogP contribution is -1.81. The van der Waals surface area contributed by atoms with Crippen LogP contribution < -0.4 is 0 Å². The van der Waals surface area contributed by atoms with E-state index >= 15 is 0 Å². The molecule has 0 bridgehead atoms. The zero-order chi connectivity index (χ0) is 11.7. The molecule has 1 heterocycles. The molecule has 2 aromatic carbocycles. The first-order chi connectivity index (χ1) is 8.40. The maximum absolute atomic E-state index is 5.90. The second-order valence-corrected chi connectivity index (χ2v) is 4.12. The molecule has 0 fully saturated rings. The lowest BCUT2D eigenvalue weighted by molar-refractivity contribution is 0.558. The van der Waals surface area contributed by atoms with E-state index in [1.54, 1.807) is 0 Å². The predicted octanol–water partition coefficient (Wildman–Crippen LogP) is 4.66. The van der Waals surface area contributed by atoms with Crippen molar-refractivity contribution < 1.29 is 4.42 Å². The van der Waals surface area contributed by atoms with Crippen LogP contribution in [0.1, 0.15) is 12.7 Å². The number of hydrogen-bond donors (Lipinski definition) is 0. The summed E-state index contributed by atoms with van der Waals surface area (Å²) in [6.45, 7) is 2.13. The highest BCUT2D eigenvalue weighted by molar-refractivity contribution is 5.95. The zero-order valence-corrected chi connectivity index (χ0v) is 9.81. The van der Waals surface area contributed by atoms with Crippen LogP contribution in [0, 0.1) is 0 Å². The van der Waals surface area contributed by atoms with E-state index in [9.17, 15) is 0 Å². The van der Waals surface area contributed by atoms with E-state index in [0.29, 0.717) is 0 Å².